The van der Waals surface area contributed by atoms with Crippen molar-refractivity contribution < 1.29 is 9.32 Å². The zero-order valence-electron chi connectivity index (χ0n) is 20.9. The van der Waals surface area contributed by atoms with Gasteiger partial charge in [-0.05, 0) is 55.1 Å². The number of carbonyl (C=O) groups excluding carboxylic acids is 1. The molecular formula is C26H39N5O2. The van der Waals surface area contributed by atoms with Gasteiger partial charge in [-0.2, -0.15) is 0 Å². The van der Waals surface area contributed by atoms with Crippen molar-refractivity contribution in [2.24, 2.45) is 10.8 Å². The molecule has 2 aliphatic carbocycles. The van der Waals surface area contributed by atoms with E-state index < -0.39 is 0 Å². The molecule has 2 heterocycles. The molecule has 180 valence electrons. The number of nitrogens with one attached hydrogen (secondary N) is 3. The summed E-state index contributed by atoms with van der Waals surface area (Å²) in [5.41, 5.74) is 2.69. The number of anilines is 2. The molecule has 33 heavy (non-hydrogen) atoms. The summed E-state index contributed by atoms with van der Waals surface area (Å²) in [5, 5.41) is 14.0. The molecule has 7 heteroatoms. The van der Waals surface area contributed by atoms with E-state index in [0.29, 0.717) is 17.5 Å². The molecule has 0 aliphatic heterocycles. The molecule has 1 amide bonds. The minimum absolute atomic E-state index is 0.00919. The van der Waals surface area contributed by atoms with E-state index in [1.165, 1.54) is 0 Å². The highest BCUT2D eigenvalue weighted by Crippen LogP contribution is 2.43. The Bertz CT molecular complexity index is 987. The topological polar surface area (TPSA) is 92.1 Å². The molecule has 2 atom stereocenters. The average Bonchev–Trinajstić information content (AvgIpc) is 3.49. The van der Waals surface area contributed by atoms with Crippen LogP contribution in [0.4, 0.5) is 11.5 Å². The third-order valence-electron chi connectivity index (χ3n) is 7.03. The molecule has 2 aliphatic rings. The molecule has 2 saturated carbocycles. The van der Waals surface area contributed by atoms with Crippen LogP contribution in [-0.2, 0) is 0 Å². The Morgan fingerprint density at radius 1 is 1.18 bits per heavy atom. The second-order valence-corrected chi connectivity index (χ2v) is 11.7. The van der Waals surface area contributed by atoms with E-state index in [4.69, 9.17) is 9.51 Å². The number of aromatic nitrogens is 2. The van der Waals surface area contributed by atoms with Gasteiger partial charge in [-0.1, -0.05) is 39.8 Å². The van der Waals surface area contributed by atoms with E-state index >= 15 is 0 Å². The van der Waals surface area contributed by atoms with Gasteiger partial charge in [0.15, 0.2) is 5.69 Å². The van der Waals surface area contributed by atoms with Crippen molar-refractivity contribution in [3.63, 3.8) is 0 Å². The lowest BCUT2D eigenvalue weighted by Gasteiger charge is -2.42. The van der Waals surface area contributed by atoms with Crippen LogP contribution in [0.2, 0.25) is 0 Å². The Morgan fingerprint density at radius 2 is 1.94 bits per heavy atom. The standard InChI is InChI=1S/C26H39N5O2/c1-25(2,3)15-28-19-10-9-18(29-23(19)27-6)17-11-12-26(4,5)22(13-17)30-24(32)20-14-21(33-31-20)16-7-8-16/h9-10,14,16-17,22,28H,7-8,11-13,15H2,1-6H3,(H,27,29)(H,30,32). The first-order valence-electron chi connectivity index (χ1n) is 12.3. The van der Waals surface area contributed by atoms with Crippen LogP contribution in [0, 0.1) is 10.8 Å². The molecule has 0 aromatic carbocycles. The lowest BCUT2D eigenvalue weighted by Crippen LogP contribution is -2.48. The second-order valence-electron chi connectivity index (χ2n) is 11.7. The molecule has 0 spiro atoms. The Kier molecular flexibility index (Phi) is 6.43. The summed E-state index contributed by atoms with van der Waals surface area (Å²) in [5.74, 6) is 2.31. The molecule has 3 N–H and O–H groups in total. The number of nitrogens with zero attached hydrogens (tertiary/aromatic N) is 2. The minimum Gasteiger partial charge on any atom is -0.382 e. The smallest absolute Gasteiger partial charge is 0.273 e. The maximum atomic E-state index is 12.9. The van der Waals surface area contributed by atoms with E-state index in [9.17, 15) is 4.79 Å². The Labute approximate surface area is 197 Å². The second kappa shape index (κ2) is 8.99. The number of rotatable bonds is 7. The summed E-state index contributed by atoms with van der Waals surface area (Å²) in [6.07, 6.45) is 5.19. The van der Waals surface area contributed by atoms with E-state index in [-0.39, 0.29) is 22.8 Å². The predicted molar refractivity (Wildman–Crippen MR) is 132 cm³/mol. The average molecular weight is 454 g/mol. The number of hydrogen-bond acceptors (Lipinski definition) is 6. The molecule has 0 radical (unpaired) electrons. The van der Waals surface area contributed by atoms with E-state index in [1.807, 2.05) is 13.1 Å². The van der Waals surface area contributed by atoms with Crippen molar-refractivity contribution in [1.82, 2.24) is 15.5 Å². The first kappa shape index (κ1) is 23.6. The summed E-state index contributed by atoms with van der Waals surface area (Å²) in [6.45, 7) is 12.0. The zero-order valence-corrected chi connectivity index (χ0v) is 20.9. The molecule has 2 unspecified atom stereocenters. The SMILES string of the molecule is CNc1nc(C2CCC(C)(C)C(NC(=O)c3cc(C4CC4)on3)C2)ccc1NCC(C)(C)C. The Hall–Kier alpha value is -2.57. The van der Waals surface area contributed by atoms with Crippen LogP contribution >= 0.6 is 0 Å². The predicted octanol–water partition coefficient (Wildman–Crippen LogP) is 5.54. The van der Waals surface area contributed by atoms with Gasteiger partial charge >= 0.3 is 0 Å². The van der Waals surface area contributed by atoms with Gasteiger partial charge in [0.1, 0.15) is 11.6 Å². The summed E-state index contributed by atoms with van der Waals surface area (Å²) in [7, 11) is 1.91. The summed E-state index contributed by atoms with van der Waals surface area (Å²) >= 11 is 0. The third-order valence-corrected chi connectivity index (χ3v) is 7.03. The van der Waals surface area contributed by atoms with E-state index in [1.54, 1.807) is 0 Å². The van der Waals surface area contributed by atoms with Gasteiger partial charge in [-0.3, -0.25) is 4.79 Å². The molecule has 7 nitrogen and oxygen atoms in total. The van der Waals surface area contributed by atoms with Gasteiger partial charge in [-0.25, -0.2) is 4.98 Å². The Morgan fingerprint density at radius 3 is 2.61 bits per heavy atom. The number of carbonyl (C=O) groups is 1. The number of pyridine rings is 1. The number of hydrogen-bond donors (Lipinski definition) is 3. The van der Waals surface area contributed by atoms with Gasteiger partial charge in [0.2, 0.25) is 0 Å². The maximum Gasteiger partial charge on any atom is 0.273 e. The molecule has 2 aromatic rings. The molecule has 4 rings (SSSR count). The van der Waals surface area contributed by atoms with Gasteiger partial charge in [0.05, 0.1) is 5.69 Å². The Balaban J connectivity index is 1.45. The van der Waals surface area contributed by atoms with Crippen LogP contribution < -0.4 is 16.0 Å². The minimum atomic E-state index is -0.144. The third kappa shape index (κ3) is 5.68. The van der Waals surface area contributed by atoms with Gasteiger partial charge in [0, 0.05) is 43.2 Å². The lowest BCUT2D eigenvalue weighted by atomic mass is 9.68. The van der Waals surface area contributed by atoms with Crippen molar-refractivity contribution in [3.05, 3.63) is 35.3 Å². The maximum absolute atomic E-state index is 12.9. The van der Waals surface area contributed by atoms with Gasteiger partial charge < -0.3 is 20.5 Å². The summed E-state index contributed by atoms with van der Waals surface area (Å²) in [4.78, 5) is 17.9. The highest BCUT2D eigenvalue weighted by Gasteiger charge is 2.39. The van der Waals surface area contributed by atoms with Crippen molar-refractivity contribution in [2.45, 2.75) is 84.6 Å². The molecule has 2 aromatic heterocycles. The monoisotopic (exact) mass is 453 g/mol. The molecule has 2 fully saturated rings. The molecule has 0 bridgehead atoms. The largest absolute Gasteiger partial charge is 0.382 e. The van der Waals surface area contributed by atoms with Crippen molar-refractivity contribution in [2.75, 3.05) is 24.2 Å². The van der Waals surface area contributed by atoms with Crippen LogP contribution in [-0.4, -0.2) is 35.7 Å². The van der Waals surface area contributed by atoms with Crippen LogP contribution in [0.25, 0.3) is 0 Å². The van der Waals surface area contributed by atoms with E-state index in [0.717, 1.165) is 61.6 Å². The fourth-order valence-corrected chi connectivity index (χ4v) is 4.55. The van der Waals surface area contributed by atoms with Gasteiger partial charge in [-0.15, -0.1) is 0 Å². The molecule has 0 saturated heterocycles. The van der Waals surface area contributed by atoms with Crippen LogP contribution in [0.5, 0.6) is 0 Å². The molecular weight excluding hydrogens is 414 g/mol. The van der Waals surface area contributed by atoms with Crippen molar-refractivity contribution in [3.8, 4) is 0 Å². The quantitative estimate of drug-likeness (QED) is 0.510. The first-order valence-corrected chi connectivity index (χ1v) is 12.3. The van der Waals surface area contributed by atoms with Crippen LogP contribution in [0.1, 0.15) is 101 Å². The normalized spacial score (nSPS) is 22.6. The fourth-order valence-electron chi connectivity index (χ4n) is 4.55. The van der Waals surface area contributed by atoms with Crippen molar-refractivity contribution >= 4 is 17.4 Å². The zero-order chi connectivity index (χ0) is 23.8. The fraction of sp³-hybridized carbons (Fsp3) is 0.654. The highest BCUT2D eigenvalue weighted by atomic mass is 16.5. The first-order chi connectivity index (χ1) is 15.6. The van der Waals surface area contributed by atoms with Gasteiger partial charge in [0.25, 0.3) is 5.91 Å². The van der Waals surface area contributed by atoms with Crippen LogP contribution in [0.15, 0.2) is 22.7 Å². The van der Waals surface area contributed by atoms with E-state index in [2.05, 4.69) is 67.9 Å². The highest BCUT2D eigenvalue weighted by molar-refractivity contribution is 5.92. The van der Waals surface area contributed by atoms with Crippen molar-refractivity contribution in [1.29, 1.82) is 0 Å². The summed E-state index contributed by atoms with van der Waals surface area (Å²) in [6, 6.07) is 6.11. The lowest BCUT2D eigenvalue weighted by molar-refractivity contribution is 0.0827. The van der Waals surface area contributed by atoms with Crippen LogP contribution in [0.3, 0.4) is 0 Å². The number of amides is 1. The summed E-state index contributed by atoms with van der Waals surface area (Å²) < 4.78 is 5.39.